The van der Waals surface area contributed by atoms with Gasteiger partial charge in [-0.2, -0.15) is 0 Å². The fourth-order valence-electron chi connectivity index (χ4n) is 1.92. The normalized spacial score (nSPS) is 10.8. The van der Waals surface area contributed by atoms with Crippen LogP contribution in [-0.2, 0) is 13.1 Å². The van der Waals surface area contributed by atoms with Gasteiger partial charge in [0, 0.05) is 30.0 Å². The molecule has 1 heterocycles. The van der Waals surface area contributed by atoms with E-state index in [0.717, 1.165) is 24.1 Å². The van der Waals surface area contributed by atoms with Gasteiger partial charge in [-0.3, -0.25) is 9.88 Å². The van der Waals surface area contributed by atoms with Crippen molar-refractivity contribution < 1.29 is 0 Å². The third-order valence-corrected chi connectivity index (χ3v) is 3.39. The van der Waals surface area contributed by atoms with E-state index >= 15 is 0 Å². The molecule has 0 saturated carbocycles. The maximum atomic E-state index is 4.05. The average molecular weight is 305 g/mol. The standard InChI is InChI=1S/C15H17BrN2/c1-2-18(11-13-6-8-17-9-7-13)12-14-4-3-5-15(16)10-14/h3-10H,2,11-12H2,1H3. The summed E-state index contributed by atoms with van der Waals surface area (Å²) in [6, 6.07) is 12.6. The van der Waals surface area contributed by atoms with Crippen LogP contribution in [0.2, 0.25) is 0 Å². The van der Waals surface area contributed by atoms with Crippen LogP contribution in [0, 0.1) is 0 Å². The highest BCUT2D eigenvalue weighted by Crippen LogP contribution is 2.14. The number of hydrogen-bond acceptors (Lipinski definition) is 2. The molecule has 0 N–H and O–H groups in total. The molecule has 2 nitrogen and oxygen atoms in total. The lowest BCUT2D eigenvalue weighted by atomic mass is 10.2. The number of rotatable bonds is 5. The zero-order valence-corrected chi connectivity index (χ0v) is 12.1. The van der Waals surface area contributed by atoms with Gasteiger partial charge in [-0.05, 0) is 41.9 Å². The molecule has 94 valence electrons. The largest absolute Gasteiger partial charge is 0.295 e. The quantitative estimate of drug-likeness (QED) is 0.833. The van der Waals surface area contributed by atoms with Crippen molar-refractivity contribution in [1.82, 2.24) is 9.88 Å². The Bertz CT molecular complexity index is 485. The van der Waals surface area contributed by atoms with Gasteiger partial charge in [0.15, 0.2) is 0 Å². The van der Waals surface area contributed by atoms with Gasteiger partial charge in [0.25, 0.3) is 0 Å². The van der Waals surface area contributed by atoms with E-state index in [9.17, 15) is 0 Å². The fourth-order valence-corrected chi connectivity index (χ4v) is 2.37. The second-order valence-corrected chi connectivity index (χ2v) is 5.20. The predicted octanol–water partition coefficient (Wildman–Crippen LogP) is 3.87. The zero-order valence-electron chi connectivity index (χ0n) is 10.5. The van der Waals surface area contributed by atoms with E-state index in [1.165, 1.54) is 11.1 Å². The summed E-state index contributed by atoms with van der Waals surface area (Å²) in [6.45, 7) is 5.16. The van der Waals surface area contributed by atoms with E-state index < -0.39 is 0 Å². The van der Waals surface area contributed by atoms with Crippen molar-refractivity contribution in [3.05, 3.63) is 64.4 Å². The van der Waals surface area contributed by atoms with Crippen molar-refractivity contribution in [2.75, 3.05) is 6.54 Å². The number of pyridine rings is 1. The molecule has 0 fully saturated rings. The molecule has 1 aromatic heterocycles. The molecule has 0 unspecified atom stereocenters. The highest BCUT2D eigenvalue weighted by molar-refractivity contribution is 9.10. The number of aromatic nitrogens is 1. The van der Waals surface area contributed by atoms with Crippen LogP contribution < -0.4 is 0 Å². The second-order valence-electron chi connectivity index (χ2n) is 4.29. The van der Waals surface area contributed by atoms with Gasteiger partial charge in [-0.25, -0.2) is 0 Å². The molecule has 0 aliphatic rings. The highest BCUT2D eigenvalue weighted by atomic mass is 79.9. The van der Waals surface area contributed by atoms with Gasteiger partial charge in [0.2, 0.25) is 0 Å². The molecule has 0 aliphatic heterocycles. The van der Waals surface area contributed by atoms with Gasteiger partial charge in [-0.15, -0.1) is 0 Å². The molecule has 0 aliphatic carbocycles. The summed E-state index contributed by atoms with van der Waals surface area (Å²) in [5.41, 5.74) is 2.64. The summed E-state index contributed by atoms with van der Waals surface area (Å²) in [7, 11) is 0. The maximum Gasteiger partial charge on any atom is 0.0271 e. The van der Waals surface area contributed by atoms with Gasteiger partial charge >= 0.3 is 0 Å². The molecule has 0 bridgehead atoms. The van der Waals surface area contributed by atoms with Crippen LogP contribution in [0.25, 0.3) is 0 Å². The van der Waals surface area contributed by atoms with Crippen molar-refractivity contribution in [2.45, 2.75) is 20.0 Å². The summed E-state index contributed by atoms with van der Waals surface area (Å²) in [6.07, 6.45) is 3.70. The summed E-state index contributed by atoms with van der Waals surface area (Å²) in [5, 5.41) is 0. The van der Waals surface area contributed by atoms with Gasteiger partial charge in [-0.1, -0.05) is 35.0 Å². The topological polar surface area (TPSA) is 16.1 Å². The zero-order chi connectivity index (χ0) is 12.8. The highest BCUT2D eigenvalue weighted by Gasteiger charge is 2.05. The number of hydrogen-bond donors (Lipinski definition) is 0. The first kappa shape index (κ1) is 13.2. The minimum absolute atomic E-state index is 0.964. The third kappa shape index (κ3) is 3.93. The maximum absolute atomic E-state index is 4.05. The molecule has 0 saturated heterocycles. The van der Waals surface area contributed by atoms with Crippen LogP contribution in [0.3, 0.4) is 0 Å². The first-order valence-corrected chi connectivity index (χ1v) is 6.93. The summed E-state index contributed by atoms with van der Waals surface area (Å²) in [4.78, 5) is 6.46. The van der Waals surface area contributed by atoms with Crippen LogP contribution in [-0.4, -0.2) is 16.4 Å². The number of benzene rings is 1. The Hall–Kier alpha value is -1.19. The first-order chi connectivity index (χ1) is 8.78. The van der Waals surface area contributed by atoms with E-state index in [4.69, 9.17) is 0 Å². The van der Waals surface area contributed by atoms with E-state index in [-0.39, 0.29) is 0 Å². The second kappa shape index (κ2) is 6.66. The molecule has 3 heteroatoms. The molecular weight excluding hydrogens is 288 g/mol. The molecule has 2 rings (SSSR count). The number of nitrogens with zero attached hydrogens (tertiary/aromatic N) is 2. The lowest BCUT2D eigenvalue weighted by Crippen LogP contribution is -2.22. The van der Waals surface area contributed by atoms with Crippen LogP contribution in [0.5, 0.6) is 0 Å². The lowest BCUT2D eigenvalue weighted by Gasteiger charge is -2.20. The predicted molar refractivity (Wildman–Crippen MR) is 78.2 cm³/mol. The van der Waals surface area contributed by atoms with Gasteiger partial charge in [0.05, 0.1) is 0 Å². The van der Waals surface area contributed by atoms with Crippen LogP contribution in [0.1, 0.15) is 18.1 Å². The Kier molecular flexibility index (Phi) is 4.90. The third-order valence-electron chi connectivity index (χ3n) is 2.90. The Morgan fingerprint density at radius 2 is 1.78 bits per heavy atom. The first-order valence-electron chi connectivity index (χ1n) is 6.13. The summed E-state index contributed by atoms with van der Waals surface area (Å²) >= 11 is 3.51. The molecule has 18 heavy (non-hydrogen) atoms. The van der Waals surface area contributed by atoms with Crippen LogP contribution in [0.15, 0.2) is 53.3 Å². The minimum Gasteiger partial charge on any atom is -0.295 e. The Morgan fingerprint density at radius 1 is 1.06 bits per heavy atom. The average Bonchev–Trinajstić information content (AvgIpc) is 2.39. The molecular formula is C15H17BrN2. The molecule has 0 atom stereocenters. The van der Waals surface area contributed by atoms with Gasteiger partial charge in [0.1, 0.15) is 0 Å². The Balaban J connectivity index is 2.01. The van der Waals surface area contributed by atoms with Crippen molar-refractivity contribution in [2.24, 2.45) is 0 Å². The Labute approximate surface area is 117 Å². The van der Waals surface area contributed by atoms with Crippen molar-refractivity contribution in [3.63, 3.8) is 0 Å². The van der Waals surface area contributed by atoms with Crippen molar-refractivity contribution in [1.29, 1.82) is 0 Å². The van der Waals surface area contributed by atoms with E-state index in [0.29, 0.717) is 0 Å². The Morgan fingerprint density at radius 3 is 2.44 bits per heavy atom. The SMILES string of the molecule is CCN(Cc1ccncc1)Cc1cccc(Br)c1. The van der Waals surface area contributed by atoms with E-state index in [1.54, 1.807) is 0 Å². The van der Waals surface area contributed by atoms with Crippen LogP contribution in [0.4, 0.5) is 0 Å². The molecule has 0 spiro atoms. The summed E-state index contributed by atoms with van der Waals surface area (Å²) < 4.78 is 1.14. The fraction of sp³-hybridized carbons (Fsp3) is 0.267. The molecule has 2 aromatic rings. The molecule has 0 amide bonds. The monoisotopic (exact) mass is 304 g/mol. The lowest BCUT2D eigenvalue weighted by molar-refractivity contribution is 0.271. The minimum atomic E-state index is 0.964. The molecule has 0 radical (unpaired) electrons. The van der Waals surface area contributed by atoms with E-state index in [1.807, 2.05) is 12.4 Å². The van der Waals surface area contributed by atoms with E-state index in [2.05, 4.69) is 69.1 Å². The summed E-state index contributed by atoms with van der Waals surface area (Å²) in [5.74, 6) is 0. The van der Waals surface area contributed by atoms with Crippen molar-refractivity contribution >= 4 is 15.9 Å². The van der Waals surface area contributed by atoms with Gasteiger partial charge < -0.3 is 0 Å². The smallest absolute Gasteiger partial charge is 0.0271 e. The van der Waals surface area contributed by atoms with Crippen LogP contribution >= 0.6 is 15.9 Å². The molecule has 1 aromatic carbocycles. The number of halogens is 1. The van der Waals surface area contributed by atoms with Crippen molar-refractivity contribution in [3.8, 4) is 0 Å².